The van der Waals surface area contributed by atoms with E-state index in [0.29, 0.717) is 22.6 Å². The minimum atomic E-state index is -0.584. The quantitative estimate of drug-likeness (QED) is 0.441. The number of para-hydroxylation sites is 1. The van der Waals surface area contributed by atoms with Gasteiger partial charge in [-0.1, -0.05) is 30.3 Å². The lowest BCUT2D eigenvalue weighted by atomic mass is 10.1. The van der Waals surface area contributed by atoms with Crippen molar-refractivity contribution < 1.29 is 19.1 Å². The number of benzene rings is 2. The second kappa shape index (κ2) is 9.12. The van der Waals surface area contributed by atoms with E-state index in [0.717, 1.165) is 16.5 Å². The molecular formula is C25H24N4O4. The number of carbonyl (C=O) groups excluding carboxylic acids is 2. The first kappa shape index (κ1) is 22.0. The molecule has 168 valence electrons. The van der Waals surface area contributed by atoms with E-state index in [1.54, 1.807) is 26.2 Å². The average molecular weight is 444 g/mol. The van der Waals surface area contributed by atoms with Gasteiger partial charge in [0.15, 0.2) is 11.6 Å². The second-order valence-electron chi connectivity index (χ2n) is 7.46. The molecule has 2 aromatic heterocycles. The predicted octanol–water partition coefficient (Wildman–Crippen LogP) is 4.47. The molecule has 2 heterocycles. The van der Waals surface area contributed by atoms with Crippen LogP contribution in [-0.2, 0) is 4.74 Å². The first-order chi connectivity index (χ1) is 15.9. The lowest BCUT2D eigenvalue weighted by molar-refractivity contribution is 0.0527. The molecule has 1 N–H and O–H groups in total. The highest BCUT2D eigenvalue weighted by atomic mass is 16.5. The monoisotopic (exact) mass is 444 g/mol. The summed E-state index contributed by atoms with van der Waals surface area (Å²) in [6.07, 6.45) is 1.37. The molecule has 8 heteroatoms. The number of aryl methyl sites for hydroxylation is 2. The van der Waals surface area contributed by atoms with E-state index >= 15 is 0 Å². The number of carbonyl (C=O) groups is 2. The molecular weight excluding hydrogens is 420 g/mol. The molecule has 0 aliphatic rings. The summed E-state index contributed by atoms with van der Waals surface area (Å²) in [5, 5.41) is 8.13. The number of amides is 1. The Morgan fingerprint density at radius 1 is 1.03 bits per heavy atom. The summed E-state index contributed by atoms with van der Waals surface area (Å²) in [7, 11) is 1.58. The number of aromatic nitrogens is 3. The molecule has 0 bridgehead atoms. The molecule has 0 radical (unpaired) electrons. The summed E-state index contributed by atoms with van der Waals surface area (Å²) in [5.41, 5.74) is 3.03. The topological polar surface area (TPSA) is 95.3 Å². The smallest absolute Gasteiger partial charge is 0.343 e. The Bertz CT molecular complexity index is 1360. The maximum atomic E-state index is 13.1. The molecule has 0 aliphatic carbocycles. The van der Waals surface area contributed by atoms with Crippen LogP contribution < -0.4 is 10.1 Å². The van der Waals surface area contributed by atoms with Crippen LogP contribution in [0.3, 0.4) is 0 Å². The Morgan fingerprint density at radius 3 is 2.55 bits per heavy atom. The number of nitrogens with one attached hydrogen (secondary N) is 1. The number of rotatable bonds is 6. The van der Waals surface area contributed by atoms with Crippen molar-refractivity contribution in [1.29, 1.82) is 0 Å². The lowest BCUT2D eigenvalue weighted by Crippen LogP contribution is -2.19. The third-order valence-corrected chi connectivity index (χ3v) is 5.32. The third-order valence-electron chi connectivity index (χ3n) is 5.32. The molecule has 0 aliphatic heterocycles. The van der Waals surface area contributed by atoms with Gasteiger partial charge in [-0.25, -0.2) is 9.78 Å². The second-order valence-corrected chi connectivity index (χ2v) is 7.46. The van der Waals surface area contributed by atoms with Crippen LogP contribution in [0.4, 0.5) is 5.82 Å². The number of methoxy groups -OCH3 is 1. The standard InChI is InChI=1S/C25H24N4O4/c1-5-33-25(31)19-14-26-29(23(19)28-24(30)18-10-7-6-9-15(18)2)21-13-16(3)17-11-8-12-20(32-4)22(17)27-21/h6-14H,5H2,1-4H3,(H,28,30). The van der Waals surface area contributed by atoms with Gasteiger partial charge in [-0.15, -0.1) is 0 Å². The fourth-order valence-electron chi connectivity index (χ4n) is 3.65. The van der Waals surface area contributed by atoms with Crippen LogP contribution in [0.1, 0.15) is 38.8 Å². The van der Waals surface area contributed by atoms with Crippen molar-refractivity contribution in [3.05, 3.63) is 77.0 Å². The molecule has 0 fully saturated rings. The minimum Gasteiger partial charge on any atom is -0.494 e. The van der Waals surface area contributed by atoms with Crippen molar-refractivity contribution in [1.82, 2.24) is 14.8 Å². The number of esters is 1. The van der Waals surface area contributed by atoms with E-state index in [-0.39, 0.29) is 23.9 Å². The summed E-state index contributed by atoms with van der Waals surface area (Å²) in [5.74, 6) is 0.276. The molecule has 4 rings (SSSR count). The van der Waals surface area contributed by atoms with Crippen molar-refractivity contribution in [3.8, 4) is 11.6 Å². The van der Waals surface area contributed by atoms with Gasteiger partial charge in [0.25, 0.3) is 5.91 Å². The van der Waals surface area contributed by atoms with Crippen LogP contribution in [0, 0.1) is 13.8 Å². The van der Waals surface area contributed by atoms with E-state index in [1.165, 1.54) is 10.9 Å². The number of ether oxygens (including phenoxy) is 2. The van der Waals surface area contributed by atoms with Gasteiger partial charge in [0.05, 0.1) is 19.9 Å². The average Bonchev–Trinajstić information content (AvgIpc) is 3.22. The predicted molar refractivity (Wildman–Crippen MR) is 125 cm³/mol. The summed E-state index contributed by atoms with van der Waals surface area (Å²) in [4.78, 5) is 30.4. The zero-order valence-electron chi connectivity index (χ0n) is 18.9. The molecule has 0 saturated carbocycles. The van der Waals surface area contributed by atoms with Crippen molar-refractivity contribution in [3.63, 3.8) is 0 Å². The SMILES string of the molecule is CCOC(=O)c1cnn(-c2cc(C)c3cccc(OC)c3n2)c1NC(=O)c1ccccc1C. The molecule has 0 saturated heterocycles. The Balaban J connectivity index is 1.86. The highest BCUT2D eigenvalue weighted by molar-refractivity contribution is 6.08. The van der Waals surface area contributed by atoms with Gasteiger partial charge in [-0.05, 0) is 50.1 Å². The number of nitrogens with zero attached hydrogens (tertiary/aromatic N) is 3. The van der Waals surface area contributed by atoms with Crippen LogP contribution in [0.2, 0.25) is 0 Å². The zero-order valence-corrected chi connectivity index (χ0v) is 18.9. The van der Waals surface area contributed by atoms with Gasteiger partial charge in [0, 0.05) is 10.9 Å². The Hall–Kier alpha value is -4.20. The Morgan fingerprint density at radius 2 is 1.82 bits per heavy atom. The number of anilines is 1. The Labute approximate surface area is 191 Å². The fraction of sp³-hybridized carbons (Fsp3) is 0.200. The summed E-state index contributed by atoms with van der Waals surface area (Å²) in [6, 6.07) is 14.7. The first-order valence-electron chi connectivity index (χ1n) is 10.5. The first-order valence-corrected chi connectivity index (χ1v) is 10.5. The van der Waals surface area contributed by atoms with Crippen LogP contribution in [0.15, 0.2) is 54.7 Å². The molecule has 1 amide bonds. The molecule has 0 unspecified atom stereocenters. The van der Waals surface area contributed by atoms with E-state index < -0.39 is 5.97 Å². The minimum absolute atomic E-state index is 0.137. The van der Waals surface area contributed by atoms with E-state index in [4.69, 9.17) is 14.5 Å². The van der Waals surface area contributed by atoms with Gasteiger partial charge in [0.1, 0.15) is 16.8 Å². The normalized spacial score (nSPS) is 10.8. The summed E-state index contributed by atoms with van der Waals surface area (Å²) >= 11 is 0. The molecule has 0 atom stereocenters. The van der Waals surface area contributed by atoms with Crippen molar-refractivity contribution >= 4 is 28.6 Å². The summed E-state index contributed by atoms with van der Waals surface area (Å²) in [6.45, 7) is 5.71. The third kappa shape index (κ3) is 4.15. The van der Waals surface area contributed by atoms with Crippen molar-refractivity contribution in [2.75, 3.05) is 19.0 Å². The number of fused-ring (bicyclic) bond motifs is 1. The highest BCUT2D eigenvalue weighted by Gasteiger charge is 2.23. The molecule has 0 spiro atoms. The number of hydrogen-bond donors (Lipinski definition) is 1. The molecule has 4 aromatic rings. The maximum absolute atomic E-state index is 13.1. The van der Waals surface area contributed by atoms with Gasteiger partial charge in [-0.2, -0.15) is 9.78 Å². The zero-order chi connectivity index (χ0) is 23.5. The van der Waals surface area contributed by atoms with Crippen molar-refractivity contribution in [2.45, 2.75) is 20.8 Å². The molecule has 2 aromatic carbocycles. The van der Waals surface area contributed by atoms with E-state index in [9.17, 15) is 9.59 Å². The van der Waals surface area contributed by atoms with E-state index in [1.807, 2.05) is 50.2 Å². The van der Waals surface area contributed by atoms with Crippen LogP contribution in [0.25, 0.3) is 16.7 Å². The highest BCUT2D eigenvalue weighted by Crippen LogP contribution is 2.29. The fourth-order valence-corrected chi connectivity index (χ4v) is 3.65. The number of pyridine rings is 1. The van der Waals surface area contributed by atoms with Gasteiger partial charge < -0.3 is 14.8 Å². The van der Waals surface area contributed by atoms with Gasteiger partial charge >= 0.3 is 5.97 Å². The van der Waals surface area contributed by atoms with Crippen LogP contribution >= 0.6 is 0 Å². The van der Waals surface area contributed by atoms with Crippen LogP contribution in [-0.4, -0.2) is 40.4 Å². The number of hydrogen-bond acceptors (Lipinski definition) is 6. The summed E-state index contributed by atoms with van der Waals surface area (Å²) < 4.78 is 12.1. The van der Waals surface area contributed by atoms with Crippen LogP contribution in [0.5, 0.6) is 5.75 Å². The largest absolute Gasteiger partial charge is 0.494 e. The van der Waals surface area contributed by atoms with E-state index in [2.05, 4.69) is 10.4 Å². The Kier molecular flexibility index (Phi) is 6.08. The molecule has 33 heavy (non-hydrogen) atoms. The van der Waals surface area contributed by atoms with Gasteiger partial charge in [0.2, 0.25) is 0 Å². The van der Waals surface area contributed by atoms with Crippen molar-refractivity contribution in [2.24, 2.45) is 0 Å². The molecule has 8 nitrogen and oxygen atoms in total. The van der Waals surface area contributed by atoms with Gasteiger partial charge in [-0.3, -0.25) is 4.79 Å². The maximum Gasteiger partial charge on any atom is 0.343 e. The lowest BCUT2D eigenvalue weighted by Gasteiger charge is -2.14.